The zero-order valence-electron chi connectivity index (χ0n) is 13.4. The van der Waals surface area contributed by atoms with Crippen LogP contribution in [0.3, 0.4) is 0 Å². The normalized spacial score (nSPS) is 13.3. The fourth-order valence-corrected chi connectivity index (χ4v) is 3.56. The molecule has 0 radical (unpaired) electrons. The maximum Gasteiger partial charge on any atom is 0.185 e. The molecule has 1 heterocycles. The predicted molar refractivity (Wildman–Crippen MR) is 86.3 cm³/mol. The highest BCUT2D eigenvalue weighted by Gasteiger charge is 2.19. The molecule has 110 valence electrons. The first-order valence-electron chi connectivity index (χ1n) is 7.23. The Kier molecular flexibility index (Phi) is 6.27. The van der Waals surface area contributed by atoms with Crippen molar-refractivity contribution in [1.29, 1.82) is 0 Å². The third-order valence-electron chi connectivity index (χ3n) is 3.38. The smallest absolute Gasteiger partial charge is 0.185 e. The van der Waals surface area contributed by atoms with Crippen molar-refractivity contribution in [2.45, 2.75) is 59.5 Å². The molecule has 1 aromatic heterocycles. The fourth-order valence-electron chi connectivity index (χ4n) is 2.27. The molecule has 3 nitrogen and oxygen atoms in total. The standard InChI is InChI=1S/C15H29N3S/c1-10(2)8-12(5)18(7)15-17-14(11(3)4)13(19-15)9-16-6/h10-12,16H,8-9H2,1-7H3. The van der Waals surface area contributed by atoms with E-state index in [1.807, 2.05) is 18.4 Å². The Bertz CT molecular complexity index is 385. The van der Waals surface area contributed by atoms with Crippen molar-refractivity contribution in [3.05, 3.63) is 10.6 Å². The summed E-state index contributed by atoms with van der Waals surface area (Å²) in [4.78, 5) is 8.56. The molecule has 4 heteroatoms. The van der Waals surface area contributed by atoms with Crippen LogP contribution in [-0.2, 0) is 6.54 Å². The van der Waals surface area contributed by atoms with Crippen molar-refractivity contribution in [3.8, 4) is 0 Å². The van der Waals surface area contributed by atoms with E-state index >= 15 is 0 Å². The molecule has 0 amide bonds. The molecule has 1 N–H and O–H groups in total. The van der Waals surface area contributed by atoms with Gasteiger partial charge in [0.15, 0.2) is 5.13 Å². The molecule has 0 aliphatic rings. The van der Waals surface area contributed by atoms with Gasteiger partial charge in [-0.2, -0.15) is 0 Å². The van der Waals surface area contributed by atoms with Gasteiger partial charge in [-0.3, -0.25) is 0 Å². The average molecular weight is 283 g/mol. The lowest BCUT2D eigenvalue weighted by Gasteiger charge is -2.25. The molecule has 1 atom stereocenters. The number of anilines is 1. The second-order valence-electron chi connectivity index (χ2n) is 6.08. The van der Waals surface area contributed by atoms with Crippen LogP contribution in [-0.4, -0.2) is 25.1 Å². The van der Waals surface area contributed by atoms with Gasteiger partial charge in [-0.05, 0) is 32.2 Å². The second-order valence-corrected chi connectivity index (χ2v) is 7.14. The van der Waals surface area contributed by atoms with Crippen LogP contribution in [0.15, 0.2) is 0 Å². The summed E-state index contributed by atoms with van der Waals surface area (Å²) in [5, 5.41) is 4.40. The molecule has 0 aromatic carbocycles. The third kappa shape index (κ3) is 4.46. The Morgan fingerprint density at radius 3 is 2.32 bits per heavy atom. The monoisotopic (exact) mass is 283 g/mol. The van der Waals surface area contributed by atoms with Gasteiger partial charge in [-0.25, -0.2) is 4.98 Å². The van der Waals surface area contributed by atoms with E-state index in [9.17, 15) is 0 Å². The Morgan fingerprint density at radius 2 is 1.84 bits per heavy atom. The van der Waals surface area contributed by atoms with Gasteiger partial charge < -0.3 is 10.2 Å². The van der Waals surface area contributed by atoms with Gasteiger partial charge in [0, 0.05) is 24.5 Å². The lowest BCUT2D eigenvalue weighted by Crippen LogP contribution is -2.29. The summed E-state index contributed by atoms with van der Waals surface area (Å²) >= 11 is 1.83. The highest BCUT2D eigenvalue weighted by Crippen LogP contribution is 2.31. The minimum atomic E-state index is 0.488. The number of rotatable bonds is 7. The van der Waals surface area contributed by atoms with Crippen LogP contribution < -0.4 is 10.2 Å². The molecule has 0 saturated carbocycles. The highest BCUT2D eigenvalue weighted by molar-refractivity contribution is 7.15. The summed E-state index contributed by atoms with van der Waals surface area (Å²) in [6.07, 6.45) is 1.20. The molecule has 1 rings (SSSR count). The SMILES string of the molecule is CNCc1sc(N(C)C(C)CC(C)C)nc1C(C)C. The molecule has 1 unspecified atom stereocenters. The average Bonchev–Trinajstić information content (AvgIpc) is 2.71. The van der Waals surface area contributed by atoms with E-state index in [0.29, 0.717) is 12.0 Å². The van der Waals surface area contributed by atoms with Gasteiger partial charge in [0.2, 0.25) is 0 Å². The van der Waals surface area contributed by atoms with Crippen LogP contribution in [0.4, 0.5) is 5.13 Å². The molecule has 19 heavy (non-hydrogen) atoms. The summed E-state index contributed by atoms with van der Waals surface area (Å²) in [5.74, 6) is 1.21. The van der Waals surface area contributed by atoms with Gasteiger partial charge in [0.1, 0.15) is 0 Å². The van der Waals surface area contributed by atoms with Gasteiger partial charge in [-0.1, -0.05) is 27.7 Å². The highest BCUT2D eigenvalue weighted by atomic mass is 32.1. The molecule has 0 fully saturated rings. The molecular weight excluding hydrogens is 254 g/mol. The summed E-state index contributed by atoms with van der Waals surface area (Å²) < 4.78 is 0. The van der Waals surface area contributed by atoms with Crippen LogP contribution in [0, 0.1) is 5.92 Å². The van der Waals surface area contributed by atoms with Crippen molar-refractivity contribution >= 4 is 16.5 Å². The Hall–Kier alpha value is -0.610. The molecule has 0 aliphatic heterocycles. The number of aromatic nitrogens is 1. The third-order valence-corrected chi connectivity index (χ3v) is 4.54. The Balaban J connectivity index is 2.91. The first-order valence-corrected chi connectivity index (χ1v) is 8.05. The molecule has 0 saturated heterocycles. The lowest BCUT2D eigenvalue weighted by molar-refractivity contribution is 0.503. The van der Waals surface area contributed by atoms with Crippen molar-refractivity contribution in [1.82, 2.24) is 10.3 Å². The van der Waals surface area contributed by atoms with Crippen LogP contribution in [0.1, 0.15) is 57.5 Å². The molecule has 0 bridgehead atoms. The number of thiazole rings is 1. The molecule has 1 aromatic rings. The first kappa shape index (κ1) is 16.4. The van der Waals surface area contributed by atoms with Crippen LogP contribution >= 0.6 is 11.3 Å². The minimum Gasteiger partial charge on any atom is -0.348 e. The molecule has 0 spiro atoms. The van der Waals surface area contributed by atoms with Crippen molar-refractivity contribution in [2.75, 3.05) is 19.0 Å². The summed E-state index contributed by atoms with van der Waals surface area (Å²) in [7, 11) is 4.16. The van der Waals surface area contributed by atoms with Crippen LogP contribution in [0.5, 0.6) is 0 Å². The largest absolute Gasteiger partial charge is 0.348 e. The van der Waals surface area contributed by atoms with Crippen LogP contribution in [0.2, 0.25) is 0 Å². The minimum absolute atomic E-state index is 0.488. The predicted octanol–water partition coefficient (Wildman–Crippen LogP) is 3.86. The van der Waals surface area contributed by atoms with Gasteiger partial charge in [0.05, 0.1) is 5.69 Å². The van der Waals surface area contributed by atoms with E-state index in [1.165, 1.54) is 17.0 Å². The van der Waals surface area contributed by atoms with Crippen molar-refractivity contribution in [3.63, 3.8) is 0 Å². The van der Waals surface area contributed by atoms with Gasteiger partial charge in [0.25, 0.3) is 0 Å². The Morgan fingerprint density at radius 1 is 1.21 bits per heavy atom. The maximum atomic E-state index is 4.86. The summed E-state index contributed by atoms with van der Waals surface area (Å²) in [6, 6.07) is 0.536. The zero-order chi connectivity index (χ0) is 14.6. The second kappa shape index (κ2) is 7.25. The molecular formula is C15H29N3S. The van der Waals surface area contributed by atoms with Gasteiger partial charge >= 0.3 is 0 Å². The lowest BCUT2D eigenvalue weighted by atomic mass is 10.0. The van der Waals surface area contributed by atoms with Gasteiger partial charge in [-0.15, -0.1) is 11.3 Å². The maximum absolute atomic E-state index is 4.86. The van der Waals surface area contributed by atoms with Crippen molar-refractivity contribution < 1.29 is 0 Å². The number of nitrogens with one attached hydrogen (secondary N) is 1. The van der Waals surface area contributed by atoms with E-state index in [0.717, 1.165) is 17.6 Å². The van der Waals surface area contributed by atoms with E-state index in [-0.39, 0.29) is 0 Å². The van der Waals surface area contributed by atoms with E-state index in [4.69, 9.17) is 4.98 Å². The summed E-state index contributed by atoms with van der Waals surface area (Å²) in [6.45, 7) is 12.2. The van der Waals surface area contributed by atoms with E-state index in [1.54, 1.807) is 0 Å². The first-order chi connectivity index (χ1) is 8.86. The number of hydrogen-bond acceptors (Lipinski definition) is 4. The number of hydrogen-bond donors (Lipinski definition) is 1. The molecule has 0 aliphatic carbocycles. The fraction of sp³-hybridized carbons (Fsp3) is 0.800. The van der Waals surface area contributed by atoms with E-state index in [2.05, 4.69) is 51.9 Å². The number of nitrogens with zero attached hydrogens (tertiary/aromatic N) is 2. The quantitative estimate of drug-likeness (QED) is 0.823. The van der Waals surface area contributed by atoms with Crippen molar-refractivity contribution in [2.24, 2.45) is 5.92 Å². The Labute approximate surface area is 122 Å². The van der Waals surface area contributed by atoms with E-state index < -0.39 is 0 Å². The summed E-state index contributed by atoms with van der Waals surface area (Å²) in [5.41, 5.74) is 1.25. The zero-order valence-corrected chi connectivity index (χ0v) is 14.3. The van der Waals surface area contributed by atoms with Crippen LogP contribution in [0.25, 0.3) is 0 Å². The topological polar surface area (TPSA) is 28.2 Å².